The number of rotatable bonds is 38. The molecule has 1 amide bonds. The Morgan fingerprint density at radius 3 is 1.27 bits per heavy atom. The van der Waals surface area contributed by atoms with E-state index < -0.39 is 18.2 Å². The molecular weight excluding hydrogens is 598 g/mol. The second kappa shape index (κ2) is 37.1. The standard InChI is InChI=1S/C42H83NO5/c1-4-7-10-13-16-19-20-23-25-28-31-34-40(45)39(37-44)43-41(46)36-38(33-30-27-24-21-17-14-11-8-5-2)48-42(47)35-32-29-26-22-18-15-12-9-6-3/h38-40,44-45H,4-37H2,1-3H3,(H,43,46). The zero-order valence-corrected chi connectivity index (χ0v) is 32.4. The minimum absolute atomic E-state index is 0.0855. The van der Waals surface area contributed by atoms with Gasteiger partial charge in [0.25, 0.3) is 0 Å². The number of hydrogen-bond acceptors (Lipinski definition) is 5. The number of nitrogens with one attached hydrogen (secondary N) is 1. The number of hydrogen-bond donors (Lipinski definition) is 3. The van der Waals surface area contributed by atoms with Gasteiger partial charge in [-0.3, -0.25) is 9.59 Å². The number of aliphatic hydroxyl groups is 2. The minimum Gasteiger partial charge on any atom is -0.462 e. The highest BCUT2D eigenvalue weighted by molar-refractivity contribution is 5.77. The summed E-state index contributed by atoms with van der Waals surface area (Å²) in [6.45, 7) is 6.43. The van der Waals surface area contributed by atoms with Gasteiger partial charge in [0.1, 0.15) is 6.10 Å². The van der Waals surface area contributed by atoms with Gasteiger partial charge in [0.05, 0.1) is 25.2 Å². The summed E-state index contributed by atoms with van der Waals surface area (Å²) < 4.78 is 5.86. The Morgan fingerprint density at radius 1 is 0.521 bits per heavy atom. The van der Waals surface area contributed by atoms with E-state index in [1.165, 1.54) is 141 Å². The molecule has 0 aliphatic carbocycles. The number of ether oxygens (including phenoxy) is 1. The summed E-state index contributed by atoms with van der Waals surface area (Å²) in [6, 6.07) is -0.688. The maximum Gasteiger partial charge on any atom is 0.306 e. The third-order valence-corrected chi connectivity index (χ3v) is 9.94. The predicted molar refractivity (Wildman–Crippen MR) is 204 cm³/mol. The van der Waals surface area contributed by atoms with E-state index in [4.69, 9.17) is 4.74 Å². The molecule has 0 fully saturated rings. The molecule has 0 radical (unpaired) electrons. The number of unbranched alkanes of at least 4 members (excludes halogenated alkanes) is 26. The molecule has 3 atom stereocenters. The van der Waals surface area contributed by atoms with E-state index in [0.29, 0.717) is 19.3 Å². The van der Waals surface area contributed by atoms with Crippen molar-refractivity contribution in [1.29, 1.82) is 0 Å². The second-order valence-electron chi connectivity index (χ2n) is 14.8. The molecule has 286 valence electrons. The van der Waals surface area contributed by atoms with Gasteiger partial charge in [0.2, 0.25) is 5.91 Å². The number of carbonyl (C=O) groups is 2. The average Bonchev–Trinajstić information content (AvgIpc) is 3.07. The van der Waals surface area contributed by atoms with Crippen LogP contribution in [0.15, 0.2) is 0 Å². The lowest BCUT2D eigenvalue weighted by Gasteiger charge is -2.24. The van der Waals surface area contributed by atoms with Crippen LogP contribution < -0.4 is 5.32 Å². The number of carbonyl (C=O) groups excluding carboxylic acids is 2. The van der Waals surface area contributed by atoms with Gasteiger partial charge in [-0.25, -0.2) is 0 Å². The van der Waals surface area contributed by atoms with Crippen LogP contribution in [0.25, 0.3) is 0 Å². The van der Waals surface area contributed by atoms with Crippen LogP contribution >= 0.6 is 0 Å². The van der Waals surface area contributed by atoms with Gasteiger partial charge >= 0.3 is 5.97 Å². The fraction of sp³-hybridized carbons (Fsp3) is 0.952. The third kappa shape index (κ3) is 32.1. The molecule has 6 heteroatoms. The Bertz CT molecular complexity index is 687. The molecule has 0 saturated heterocycles. The number of amides is 1. The van der Waals surface area contributed by atoms with Crippen LogP contribution in [0.4, 0.5) is 0 Å². The molecule has 3 N–H and O–H groups in total. The summed E-state index contributed by atoms with van der Waals surface area (Å²) >= 11 is 0. The number of esters is 1. The summed E-state index contributed by atoms with van der Waals surface area (Å²) in [4.78, 5) is 25.8. The summed E-state index contributed by atoms with van der Waals surface area (Å²) in [7, 11) is 0. The Hall–Kier alpha value is -1.14. The smallest absolute Gasteiger partial charge is 0.306 e. The highest BCUT2D eigenvalue weighted by Crippen LogP contribution is 2.18. The summed E-state index contributed by atoms with van der Waals surface area (Å²) in [5.74, 6) is -0.467. The van der Waals surface area contributed by atoms with Crippen LogP contribution in [-0.2, 0) is 14.3 Å². The molecule has 0 aromatic heterocycles. The van der Waals surface area contributed by atoms with E-state index in [1.54, 1.807) is 0 Å². The lowest BCUT2D eigenvalue weighted by molar-refractivity contribution is -0.151. The maximum atomic E-state index is 13.0. The molecule has 0 spiro atoms. The van der Waals surface area contributed by atoms with E-state index in [-0.39, 0.29) is 24.9 Å². The van der Waals surface area contributed by atoms with Gasteiger partial charge in [-0.15, -0.1) is 0 Å². The highest BCUT2D eigenvalue weighted by Gasteiger charge is 2.24. The summed E-state index contributed by atoms with van der Waals surface area (Å²) in [6.07, 6.45) is 35.9. The monoisotopic (exact) mass is 682 g/mol. The van der Waals surface area contributed by atoms with Crippen molar-refractivity contribution in [2.24, 2.45) is 0 Å². The Kier molecular flexibility index (Phi) is 36.2. The lowest BCUT2D eigenvalue weighted by atomic mass is 10.0. The first-order valence-corrected chi connectivity index (χ1v) is 21.3. The van der Waals surface area contributed by atoms with E-state index in [9.17, 15) is 19.8 Å². The fourth-order valence-corrected chi connectivity index (χ4v) is 6.67. The largest absolute Gasteiger partial charge is 0.462 e. The molecule has 0 aromatic carbocycles. The maximum absolute atomic E-state index is 13.0. The van der Waals surface area contributed by atoms with Crippen LogP contribution in [-0.4, -0.2) is 46.9 Å². The van der Waals surface area contributed by atoms with Crippen LogP contribution in [0, 0.1) is 0 Å². The van der Waals surface area contributed by atoms with Crippen molar-refractivity contribution in [3.63, 3.8) is 0 Å². The molecule has 0 aromatic rings. The molecule has 0 rings (SSSR count). The van der Waals surface area contributed by atoms with Gasteiger partial charge in [0, 0.05) is 6.42 Å². The van der Waals surface area contributed by atoms with E-state index in [2.05, 4.69) is 26.1 Å². The van der Waals surface area contributed by atoms with E-state index >= 15 is 0 Å². The van der Waals surface area contributed by atoms with Crippen molar-refractivity contribution in [1.82, 2.24) is 5.32 Å². The molecular formula is C42H83NO5. The fourth-order valence-electron chi connectivity index (χ4n) is 6.67. The average molecular weight is 682 g/mol. The molecule has 0 bridgehead atoms. The van der Waals surface area contributed by atoms with Crippen LogP contribution in [0.3, 0.4) is 0 Å². The Morgan fingerprint density at radius 2 is 0.875 bits per heavy atom. The first-order valence-electron chi connectivity index (χ1n) is 21.3. The zero-order chi connectivity index (χ0) is 35.3. The molecule has 3 unspecified atom stereocenters. The normalized spacial score (nSPS) is 13.4. The van der Waals surface area contributed by atoms with Crippen molar-refractivity contribution in [3.05, 3.63) is 0 Å². The zero-order valence-electron chi connectivity index (χ0n) is 32.4. The molecule has 0 heterocycles. The summed E-state index contributed by atoms with van der Waals surface area (Å²) in [5, 5.41) is 23.5. The molecule has 0 saturated carbocycles. The van der Waals surface area contributed by atoms with Gasteiger partial charge in [-0.1, -0.05) is 194 Å². The molecule has 48 heavy (non-hydrogen) atoms. The first kappa shape index (κ1) is 46.9. The van der Waals surface area contributed by atoms with Gasteiger partial charge < -0.3 is 20.3 Å². The van der Waals surface area contributed by atoms with Crippen LogP contribution in [0.2, 0.25) is 0 Å². The second-order valence-corrected chi connectivity index (χ2v) is 14.8. The van der Waals surface area contributed by atoms with Crippen molar-refractivity contribution in [3.8, 4) is 0 Å². The Balaban J connectivity index is 4.52. The van der Waals surface area contributed by atoms with Crippen molar-refractivity contribution >= 4 is 11.9 Å². The molecule has 0 aliphatic heterocycles. The van der Waals surface area contributed by atoms with Crippen molar-refractivity contribution < 1.29 is 24.5 Å². The quantitative estimate of drug-likeness (QED) is 0.0445. The SMILES string of the molecule is CCCCCCCCCCCCCC(O)C(CO)NC(=O)CC(CCCCCCCCCCC)OC(=O)CCCCCCCCCCC. The van der Waals surface area contributed by atoms with E-state index in [1.807, 2.05) is 0 Å². The predicted octanol–water partition coefficient (Wildman–Crippen LogP) is 11.7. The lowest BCUT2D eigenvalue weighted by Crippen LogP contribution is -2.46. The topological polar surface area (TPSA) is 95.9 Å². The molecule has 6 nitrogen and oxygen atoms in total. The van der Waals surface area contributed by atoms with Crippen molar-refractivity contribution in [2.45, 2.75) is 251 Å². The van der Waals surface area contributed by atoms with Crippen LogP contribution in [0.5, 0.6) is 0 Å². The van der Waals surface area contributed by atoms with Gasteiger partial charge in [-0.05, 0) is 25.7 Å². The Labute approximate surface area is 298 Å². The third-order valence-electron chi connectivity index (χ3n) is 9.94. The first-order chi connectivity index (χ1) is 23.5. The van der Waals surface area contributed by atoms with E-state index in [0.717, 1.165) is 44.9 Å². The van der Waals surface area contributed by atoms with Gasteiger partial charge in [0.15, 0.2) is 0 Å². The van der Waals surface area contributed by atoms with Gasteiger partial charge in [-0.2, -0.15) is 0 Å². The minimum atomic E-state index is -0.775. The summed E-state index contributed by atoms with van der Waals surface area (Å²) in [5.41, 5.74) is 0. The molecule has 0 aliphatic rings. The van der Waals surface area contributed by atoms with Crippen molar-refractivity contribution in [2.75, 3.05) is 6.61 Å². The van der Waals surface area contributed by atoms with Crippen LogP contribution in [0.1, 0.15) is 233 Å². The number of aliphatic hydroxyl groups excluding tert-OH is 2. The highest BCUT2D eigenvalue weighted by atomic mass is 16.5.